The van der Waals surface area contributed by atoms with Gasteiger partial charge in [-0.25, -0.2) is 4.98 Å². The van der Waals surface area contributed by atoms with Gasteiger partial charge in [-0.1, -0.05) is 0 Å². The molecule has 1 aliphatic rings. The quantitative estimate of drug-likeness (QED) is 0.760. The maximum atomic E-state index is 11.2. The van der Waals surface area contributed by atoms with Gasteiger partial charge in [0.25, 0.3) is 0 Å². The van der Waals surface area contributed by atoms with Crippen molar-refractivity contribution in [2.45, 2.75) is 20.4 Å². The summed E-state index contributed by atoms with van der Waals surface area (Å²) in [7, 11) is 0. The van der Waals surface area contributed by atoms with E-state index >= 15 is 0 Å². The van der Waals surface area contributed by atoms with Crippen molar-refractivity contribution in [2.24, 2.45) is 0 Å². The monoisotopic (exact) mass is 236 g/mol. The van der Waals surface area contributed by atoms with Crippen LogP contribution >= 0.6 is 0 Å². The van der Waals surface area contributed by atoms with Gasteiger partial charge in [-0.3, -0.25) is 9.69 Å². The summed E-state index contributed by atoms with van der Waals surface area (Å²) >= 11 is 0. The molecular weight excluding hydrogens is 216 g/mol. The average Bonchev–Trinajstić information content (AvgIpc) is 2.73. The Morgan fingerprint density at radius 1 is 1.29 bits per heavy atom. The second kappa shape index (κ2) is 5.31. The van der Waals surface area contributed by atoms with Crippen LogP contribution in [0.5, 0.6) is 0 Å². The number of carbonyl (C=O) groups excluding carboxylic acids is 1. The minimum Gasteiger partial charge on any atom is -0.340 e. The first-order valence-electron chi connectivity index (χ1n) is 6.12. The number of aryl methyl sites for hydroxylation is 1. The van der Waals surface area contributed by atoms with Crippen LogP contribution in [0.1, 0.15) is 12.7 Å². The fourth-order valence-corrected chi connectivity index (χ4v) is 2.18. The first-order chi connectivity index (χ1) is 8.16. The molecule has 0 spiro atoms. The van der Waals surface area contributed by atoms with Gasteiger partial charge >= 0.3 is 0 Å². The number of aromatic nitrogens is 2. The van der Waals surface area contributed by atoms with Crippen molar-refractivity contribution in [3.05, 3.63) is 18.2 Å². The summed E-state index contributed by atoms with van der Waals surface area (Å²) in [6.07, 6.45) is 3.85. The lowest BCUT2D eigenvalue weighted by Crippen LogP contribution is -2.48. The fraction of sp³-hybridized carbons (Fsp3) is 0.667. The molecule has 0 N–H and O–H groups in total. The minimum absolute atomic E-state index is 0.190. The summed E-state index contributed by atoms with van der Waals surface area (Å²) in [6.45, 7) is 9.35. The first kappa shape index (κ1) is 12.1. The molecule has 2 rings (SSSR count). The van der Waals surface area contributed by atoms with Crippen LogP contribution in [0, 0.1) is 6.92 Å². The van der Waals surface area contributed by atoms with Crippen LogP contribution in [-0.2, 0) is 11.3 Å². The van der Waals surface area contributed by atoms with E-state index in [1.165, 1.54) is 0 Å². The van der Waals surface area contributed by atoms with E-state index in [4.69, 9.17) is 0 Å². The first-order valence-corrected chi connectivity index (χ1v) is 6.12. The summed E-state index contributed by atoms with van der Waals surface area (Å²) in [5.74, 6) is 1.25. The molecule has 5 nitrogen and oxygen atoms in total. The van der Waals surface area contributed by atoms with E-state index in [0.29, 0.717) is 0 Å². The lowest BCUT2D eigenvalue weighted by molar-refractivity contribution is -0.130. The molecule has 1 aliphatic heterocycles. The average molecular weight is 236 g/mol. The SMILES string of the molecule is CC(=O)N1CCN(CCn2ccnc2C)CC1. The molecule has 5 heteroatoms. The third-order valence-corrected chi connectivity index (χ3v) is 3.40. The van der Waals surface area contributed by atoms with Crippen molar-refractivity contribution in [3.8, 4) is 0 Å². The predicted octanol–water partition coefficient (Wildman–Crippen LogP) is 0.356. The summed E-state index contributed by atoms with van der Waals surface area (Å²) in [4.78, 5) is 19.7. The summed E-state index contributed by atoms with van der Waals surface area (Å²) in [5, 5.41) is 0. The number of piperazine rings is 1. The third kappa shape index (κ3) is 3.06. The molecule has 1 aromatic heterocycles. The number of imidazole rings is 1. The van der Waals surface area contributed by atoms with Gasteiger partial charge in [-0.15, -0.1) is 0 Å². The number of amides is 1. The van der Waals surface area contributed by atoms with Crippen LogP contribution in [0.25, 0.3) is 0 Å². The van der Waals surface area contributed by atoms with Crippen LogP contribution in [0.15, 0.2) is 12.4 Å². The Kier molecular flexibility index (Phi) is 3.78. The highest BCUT2D eigenvalue weighted by Gasteiger charge is 2.17. The van der Waals surface area contributed by atoms with Gasteiger partial charge in [0.1, 0.15) is 5.82 Å². The van der Waals surface area contributed by atoms with Gasteiger partial charge in [-0.2, -0.15) is 0 Å². The fourth-order valence-electron chi connectivity index (χ4n) is 2.18. The summed E-state index contributed by atoms with van der Waals surface area (Å²) < 4.78 is 2.16. The van der Waals surface area contributed by atoms with E-state index in [-0.39, 0.29) is 5.91 Å². The highest BCUT2D eigenvalue weighted by atomic mass is 16.2. The molecule has 0 saturated carbocycles. The second-order valence-corrected chi connectivity index (χ2v) is 4.52. The van der Waals surface area contributed by atoms with Crippen LogP contribution in [0.3, 0.4) is 0 Å². The molecular formula is C12H20N4O. The molecule has 0 radical (unpaired) electrons. The standard InChI is InChI=1S/C12H20N4O/c1-11-13-3-4-15(11)8-5-14-6-9-16(10-7-14)12(2)17/h3-4H,5-10H2,1-2H3. The maximum Gasteiger partial charge on any atom is 0.219 e. The Bertz CT molecular complexity index is 380. The van der Waals surface area contributed by atoms with Crippen molar-refractivity contribution in [1.29, 1.82) is 0 Å². The molecule has 0 aromatic carbocycles. The van der Waals surface area contributed by atoms with E-state index in [9.17, 15) is 4.79 Å². The van der Waals surface area contributed by atoms with Gasteiger partial charge in [0.05, 0.1) is 0 Å². The highest BCUT2D eigenvalue weighted by Crippen LogP contribution is 2.03. The molecule has 0 atom stereocenters. The molecule has 94 valence electrons. The van der Waals surface area contributed by atoms with Gasteiger partial charge in [-0.05, 0) is 6.92 Å². The van der Waals surface area contributed by atoms with Crippen molar-refractivity contribution in [1.82, 2.24) is 19.4 Å². The smallest absolute Gasteiger partial charge is 0.219 e. The molecule has 0 unspecified atom stereocenters. The number of carbonyl (C=O) groups is 1. The van der Waals surface area contributed by atoms with E-state index in [0.717, 1.165) is 45.1 Å². The van der Waals surface area contributed by atoms with Crippen molar-refractivity contribution in [3.63, 3.8) is 0 Å². The van der Waals surface area contributed by atoms with Crippen molar-refractivity contribution >= 4 is 5.91 Å². The molecule has 1 aromatic rings. The zero-order valence-corrected chi connectivity index (χ0v) is 10.6. The molecule has 1 amide bonds. The Labute approximate surface area is 102 Å². The van der Waals surface area contributed by atoms with E-state index in [2.05, 4.69) is 14.5 Å². The maximum absolute atomic E-state index is 11.2. The molecule has 2 heterocycles. The Morgan fingerprint density at radius 3 is 2.53 bits per heavy atom. The van der Waals surface area contributed by atoms with Crippen molar-refractivity contribution in [2.75, 3.05) is 32.7 Å². The molecule has 0 bridgehead atoms. The van der Waals surface area contributed by atoms with Crippen LogP contribution < -0.4 is 0 Å². The number of hydrogen-bond acceptors (Lipinski definition) is 3. The minimum atomic E-state index is 0.190. The number of nitrogens with zero attached hydrogens (tertiary/aromatic N) is 4. The van der Waals surface area contributed by atoms with Crippen molar-refractivity contribution < 1.29 is 4.79 Å². The van der Waals surface area contributed by atoms with Gasteiger partial charge < -0.3 is 9.47 Å². The molecule has 0 aliphatic carbocycles. The Balaban J connectivity index is 1.75. The van der Waals surface area contributed by atoms with Crippen LogP contribution in [-0.4, -0.2) is 58.0 Å². The summed E-state index contributed by atoms with van der Waals surface area (Å²) in [6, 6.07) is 0. The normalized spacial score (nSPS) is 17.4. The van der Waals surface area contributed by atoms with Crippen LogP contribution in [0.2, 0.25) is 0 Å². The van der Waals surface area contributed by atoms with E-state index < -0.39 is 0 Å². The second-order valence-electron chi connectivity index (χ2n) is 4.52. The zero-order valence-electron chi connectivity index (χ0n) is 10.6. The number of rotatable bonds is 3. The molecule has 1 saturated heterocycles. The third-order valence-electron chi connectivity index (χ3n) is 3.40. The predicted molar refractivity (Wildman–Crippen MR) is 65.7 cm³/mol. The van der Waals surface area contributed by atoms with Gasteiger partial charge in [0, 0.05) is 58.6 Å². The molecule has 17 heavy (non-hydrogen) atoms. The molecule has 1 fully saturated rings. The van der Waals surface area contributed by atoms with Gasteiger partial charge in [0.2, 0.25) is 5.91 Å². The van der Waals surface area contributed by atoms with Gasteiger partial charge in [0.15, 0.2) is 0 Å². The number of hydrogen-bond donors (Lipinski definition) is 0. The largest absolute Gasteiger partial charge is 0.340 e. The Morgan fingerprint density at radius 2 is 2.00 bits per heavy atom. The summed E-state index contributed by atoms with van der Waals surface area (Å²) in [5.41, 5.74) is 0. The van der Waals surface area contributed by atoms with E-state index in [1.54, 1.807) is 6.92 Å². The topological polar surface area (TPSA) is 41.4 Å². The van der Waals surface area contributed by atoms with Crippen LogP contribution in [0.4, 0.5) is 0 Å². The van der Waals surface area contributed by atoms with E-state index in [1.807, 2.05) is 24.2 Å². The lowest BCUT2D eigenvalue weighted by Gasteiger charge is -2.34. The Hall–Kier alpha value is -1.36. The highest BCUT2D eigenvalue weighted by molar-refractivity contribution is 5.73. The zero-order chi connectivity index (χ0) is 12.3. The lowest BCUT2D eigenvalue weighted by atomic mass is 10.3.